The largest absolute Gasteiger partial charge is 0.359 e. The number of nitrogens with one attached hydrogen (secondary N) is 2. The van der Waals surface area contributed by atoms with E-state index in [1.54, 1.807) is 7.05 Å². The molecule has 0 spiro atoms. The first-order valence-electron chi connectivity index (χ1n) is 7.85. The van der Waals surface area contributed by atoms with Gasteiger partial charge in [0.15, 0.2) is 0 Å². The Kier molecular flexibility index (Phi) is 6.88. The number of carbonyl (C=O) groups excluding carboxylic acids is 1. The lowest BCUT2D eigenvalue weighted by molar-refractivity contribution is -0.119. The Bertz CT molecular complexity index is 472. The van der Waals surface area contributed by atoms with Crippen LogP contribution < -0.4 is 15.5 Å². The van der Waals surface area contributed by atoms with Gasteiger partial charge in [-0.1, -0.05) is 0 Å². The van der Waals surface area contributed by atoms with Crippen molar-refractivity contribution in [2.24, 2.45) is 5.92 Å². The monoisotopic (exact) mass is 416 g/mol. The lowest BCUT2D eigenvalue weighted by Gasteiger charge is -2.32. The molecule has 22 heavy (non-hydrogen) atoms. The Morgan fingerprint density at radius 3 is 2.68 bits per heavy atom. The molecular formula is C16H25IN4O. The number of halogens is 1. The van der Waals surface area contributed by atoms with Crippen LogP contribution in [0.4, 0.5) is 5.82 Å². The van der Waals surface area contributed by atoms with Gasteiger partial charge in [-0.25, -0.2) is 4.98 Å². The average Bonchev–Trinajstić information content (AvgIpc) is 2.54. The molecular weight excluding hydrogens is 391 g/mol. The number of amides is 1. The molecule has 0 unspecified atom stereocenters. The number of likely N-dealkylation sites (N-methyl/N-ethyl adjacent to an activating group) is 1. The van der Waals surface area contributed by atoms with E-state index < -0.39 is 0 Å². The quantitative estimate of drug-likeness (QED) is 0.697. The van der Waals surface area contributed by atoms with Crippen LogP contribution in [-0.4, -0.2) is 44.1 Å². The van der Waals surface area contributed by atoms with Gasteiger partial charge in [-0.3, -0.25) is 4.79 Å². The number of carbonyl (C=O) groups is 1. The molecule has 5 nitrogen and oxygen atoms in total. The van der Waals surface area contributed by atoms with Crippen molar-refractivity contribution in [1.82, 2.24) is 15.6 Å². The fraction of sp³-hybridized carbons (Fsp3) is 0.625. The van der Waals surface area contributed by atoms with Crippen molar-refractivity contribution < 1.29 is 4.79 Å². The van der Waals surface area contributed by atoms with E-state index in [9.17, 15) is 4.79 Å². The van der Waals surface area contributed by atoms with Gasteiger partial charge in [0, 0.05) is 36.4 Å². The second-order valence-electron chi connectivity index (χ2n) is 5.99. The predicted octanol–water partition coefficient (Wildman–Crippen LogP) is 2.02. The highest BCUT2D eigenvalue weighted by atomic mass is 127. The fourth-order valence-corrected chi connectivity index (χ4v) is 3.27. The van der Waals surface area contributed by atoms with Crippen molar-refractivity contribution in [2.75, 3.05) is 32.1 Å². The maximum Gasteiger partial charge on any atom is 0.233 e. The van der Waals surface area contributed by atoms with Gasteiger partial charge in [0.1, 0.15) is 5.82 Å². The third-order valence-corrected chi connectivity index (χ3v) is 4.95. The molecule has 1 heterocycles. The molecule has 1 aliphatic carbocycles. The highest BCUT2D eigenvalue weighted by molar-refractivity contribution is 14.1. The zero-order valence-corrected chi connectivity index (χ0v) is 15.5. The van der Waals surface area contributed by atoms with Crippen molar-refractivity contribution in [3.8, 4) is 0 Å². The van der Waals surface area contributed by atoms with E-state index in [1.165, 1.54) is 12.8 Å². The van der Waals surface area contributed by atoms with Crippen LogP contribution in [0.1, 0.15) is 25.7 Å². The Labute approximate surface area is 146 Å². The van der Waals surface area contributed by atoms with Gasteiger partial charge < -0.3 is 15.5 Å². The SMILES string of the molecule is CNC(=O)CN[C@H]1CC[C@H](CN(C)c2ccc(I)cn2)CC1. The summed E-state index contributed by atoms with van der Waals surface area (Å²) >= 11 is 2.28. The molecule has 122 valence electrons. The standard InChI is InChI=1S/C16H25IN4O/c1-18-16(22)10-19-14-6-3-12(4-7-14)11-21(2)15-8-5-13(17)9-20-15/h5,8-9,12,14,19H,3-4,6-7,10-11H2,1-2H3,(H,18,22)/t12-,14-. The number of pyridine rings is 1. The van der Waals surface area contributed by atoms with E-state index in [0.29, 0.717) is 18.5 Å². The Hall–Kier alpha value is -0.890. The molecule has 1 aliphatic rings. The van der Waals surface area contributed by atoms with E-state index in [0.717, 1.165) is 28.8 Å². The van der Waals surface area contributed by atoms with Crippen molar-refractivity contribution >= 4 is 34.3 Å². The zero-order valence-electron chi connectivity index (χ0n) is 13.3. The molecule has 1 amide bonds. The first-order valence-corrected chi connectivity index (χ1v) is 8.93. The molecule has 0 aliphatic heterocycles. The minimum Gasteiger partial charge on any atom is -0.359 e. The Morgan fingerprint density at radius 1 is 1.36 bits per heavy atom. The molecule has 0 bridgehead atoms. The van der Waals surface area contributed by atoms with Crippen LogP contribution in [0.15, 0.2) is 18.3 Å². The van der Waals surface area contributed by atoms with Gasteiger partial charge in [0.05, 0.1) is 6.54 Å². The number of rotatable bonds is 6. The van der Waals surface area contributed by atoms with Crippen LogP contribution in [-0.2, 0) is 4.79 Å². The molecule has 2 rings (SSSR count). The molecule has 0 aromatic carbocycles. The smallest absolute Gasteiger partial charge is 0.233 e. The molecule has 1 aromatic heterocycles. The highest BCUT2D eigenvalue weighted by Gasteiger charge is 2.22. The maximum absolute atomic E-state index is 11.3. The van der Waals surface area contributed by atoms with Gasteiger partial charge in [0.25, 0.3) is 0 Å². The summed E-state index contributed by atoms with van der Waals surface area (Å²) in [6.45, 7) is 1.48. The molecule has 1 aromatic rings. The maximum atomic E-state index is 11.3. The van der Waals surface area contributed by atoms with E-state index in [1.807, 2.05) is 6.20 Å². The van der Waals surface area contributed by atoms with Crippen LogP contribution in [0.5, 0.6) is 0 Å². The van der Waals surface area contributed by atoms with Crippen LogP contribution >= 0.6 is 22.6 Å². The summed E-state index contributed by atoms with van der Waals surface area (Å²) in [5.74, 6) is 1.82. The number of hydrogen-bond acceptors (Lipinski definition) is 4. The minimum atomic E-state index is 0.0617. The van der Waals surface area contributed by atoms with E-state index in [4.69, 9.17) is 0 Å². The Morgan fingerprint density at radius 2 is 2.09 bits per heavy atom. The molecule has 0 atom stereocenters. The van der Waals surface area contributed by atoms with E-state index in [2.05, 4.69) is 62.3 Å². The molecule has 0 saturated heterocycles. The van der Waals surface area contributed by atoms with Crippen LogP contribution in [0.2, 0.25) is 0 Å². The second kappa shape index (κ2) is 8.67. The number of hydrogen-bond donors (Lipinski definition) is 2. The van der Waals surface area contributed by atoms with Gasteiger partial charge in [-0.05, 0) is 66.3 Å². The molecule has 1 saturated carbocycles. The molecule has 1 fully saturated rings. The summed E-state index contributed by atoms with van der Waals surface area (Å²) < 4.78 is 1.16. The van der Waals surface area contributed by atoms with Crippen LogP contribution in [0, 0.1) is 9.49 Å². The summed E-state index contributed by atoms with van der Waals surface area (Å²) in [6.07, 6.45) is 6.62. The van der Waals surface area contributed by atoms with Crippen LogP contribution in [0.3, 0.4) is 0 Å². The average molecular weight is 416 g/mol. The summed E-state index contributed by atoms with van der Waals surface area (Å²) in [4.78, 5) is 18.0. The topological polar surface area (TPSA) is 57.3 Å². The van der Waals surface area contributed by atoms with Crippen LogP contribution in [0.25, 0.3) is 0 Å². The third kappa shape index (κ3) is 5.39. The Balaban J connectivity index is 1.72. The zero-order chi connectivity index (χ0) is 15.9. The van der Waals surface area contributed by atoms with Gasteiger partial charge >= 0.3 is 0 Å². The van der Waals surface area contributed by atoms with Crippen molar-refractivity contribution in [2.45, 2.75) is 31.7 Å². The summed E-state index contributed by atoms with van der Waals surface area (Å²) in [6, 6.07) is 4.66. The van der Waals surface area contributed by atoms with E-state index in [-0.39, 0.29) is 5.91 Å². The highest BCUT2D eigenvalue weighted by Crippen LogP contribution is 2.26. The van der Waals surface area contributed by atoms with Gasteiger partial charge in [0.2, 0.25) is 5.91 Å². The first kappa shape index (κ1) is 17.5. The lowest BCUT2D eigenvalue weighted by Crippen LogP contribution is -2.41. The van der Waals surface area contributed by atoms with E-state index >= 15 is 0 Å². The predicted molar refractivity (Wildman–Crippen MR) is 98.0 cm³/mol. The van der Waals surface area contributed by atoms with Crippen molar-refractivity contribution in [3.63, 3.8) is 0 Å². The summed E-state index contributed by atoms with van der Waals surface area (Å²) in [7, 11) is 3.79. The minimum absolute atomic E-state index is 0.0617. The van der Waals surface area contributed by atoms with Gasteiger partial charge in [-0.2, -0.15) is 0 Å². The third-order valence-electron chi connectivity index (χ3n) is 4.31. The second-order valence-corrected chi connectivity index (χ2v) is 7.23. The number of aromatic nitrogens is 1. The van der Waals surface area contributed by atoms with Gasteiger partial charge in [-0.15, -0.1) is 0 Å². The summed E-state index contributed by atoms with van der Waals surface area (Å²) in [5, 5.41) is 5.99. The first-order chi connectivity index (χ1) is 10.6. The fourth-order valence-electron chi connectivity index (χ4n) is 2.95. The molecule has 0 radical (unpaired) electrons. The summed E-state index contributed by atoms with van der Waals surface area (Å²) in [5.41, 5.74) is 0. The molecule has 6 heteroatoms. The number of anilines is 1. The lowest BCUT2D eigenvalue weighted by atomic mass is 9.85. The van der Waals surface area contributed by atoms with Crippen molar-refractivity contribution in [1.29, 1.82) is 0 Å². The van der Waals surface area contributed by atoms with Crippen molar-refractivity contribution in [3.05, 3.63) is 21.9 Å². The molecule has 2 N–H and O–H groups in total. The normalized spacial score (nSPS) is 21.4. The number of nitrogens with zero attached hydrogens (tertiary/aromatic N) is 2.